The number of hydrogen-bond donors (Lipinski definition) is 1. The number of nitrogens with zero attached hydrogens (tertiary/aromatic N) is 1. The molecule has 0 saturated carbocycles. The van der Waals surface area contributed by atoms with Crippen LogP contribution in [-0.4, -0.2) is 16.4 Å². The predicted molar refractivity (Wildman–Crippen MR) is 60.2 cm³/mol. The Labute approximate surface area is 102 Å². The first-order valence-electron chi connectivity index (χ1n) is 5.08. The molecule has 5 nitrogen and oxygen atoms in total. The number of hydrogen-bond acceptors (Lipinski definition) is 3. The average molecular weight is 258 g/mol. The van der Waals surface area contributed by atoms with Crippen molar-refractivity contribution in [1.29, 1.82) is 0 Å². The third-order valence-corrected chi connectivity index (χ3v) is 1.95. The van der Waals surface area contributed by atoms with Gasteiger partial charge in [0.05, 0.1) is 16.6 Å². The molecule has 1 amide bonds. The fourth-order valence-electron chi connectivity index (χ4n) is 1.28. The van der Waals surface area contributed by atoms with Crippen molar-refractivity contribution in [3.8, 4) is 0 Å². The number of nitro benzene ring substituents is 1. The lowest BCUT2D eigenvalue weighted by Gasteiger charge is -2.20. The fraction of sp³-hybridized carbons (Fsp3) is 0.364. The van der Waals surface area contributed by atoms with E-state index >= 15 is 0 Å². The molecule has 7 heteroatoms. The van der Waals surface area contributed by atoms with Crippen molar-refractivity contribution in [2.45, 2.75) is 26.3 Å². The second-order valence-electron chi connectivity index (χ2n) is 4.75. The lowest BCUT2D eigenvalue weighted by molar-refractivity contribution is -0.387. The Hall–Kier alpha value is -2.05. The van der Waals surface area contributed by atoms with Gasteiger partial charge in [0.1, 0.15) is 5.82 Å². The first kappa shape index (κ1) is 14.0. The van der Waals surface area contributed by atoms with E-state index < -0.39 is 39.3 Å². The molecule has 0 aliphatic rings. The van der Waals surface area contributed by atoms with Crippen LogP contribution in [0.15, 0.2) is 12.1 Å². The summed E-state index contributed by atoms with van der Waals surface area (Å²) >= 11 is 0. The molecule has 0 bridgehead atoms. The maximum atomic E-state index is 13.7. The number of nitrogens with one attached hydrogen (secondary N) is 1. The number of benzene rings is 1. The zero-order chi connectivity index (χ0) is 14.1. The van der Waals surface area contributed by atoms with Crippen molar-refractivity contribution < 1.29 is 18.5 Å². The third kappa shape index (κ3) is 3.22. The Bertz CT molecular complexity index is 510. The monoisotopic (exact) mass is 258 g/mol. The predicted octanol–water partition coefficient (Wildman–Crippen LogP) is 2.40. The molecule has 1 rings (SSSR count). The van der Waals surface area contributed by atoms with E-state index in [4.69, 9.17) is 0 Å². The van der Waals surface area contributed by atoms with Crippen LogP contribution in [0, 0.1) is 21.7 Å². The Balaban J connectivity index is 3.25. The van der Waals surface area contributed by atoms with E-state index in [9.17, 15) is 23.7 Å². The minimum Gasteiger partial charge on any atom is -0.347 e. The lowest BCUT2D eigenvalue weighted by atomic mass is 10.1. The summed E-state index contributed by atoms with van der Waals surface area (Å²) in [5.41, 5.74) is -2.41. The maximum Gasteiger partial charge on any atom is 0.308 e. The molecule has 1 N–H and O–H groups in total. The van der Waals surface area contributed by atoms with Gasteiger partial charge in [0.15, 0.2) is 0 Å². The van der Waals surface area contributed by atoms with Crippen LogP contribution in [0.3, 0.4) is 0 Å². The topological polar surface area (TPSA) is 72.2 Å². The quantitative estimate of drug-likeness (QED) is 0.654. The molecule has 0 fully saturated rings. The fourth-order valence-corrected chi connectivity index (χ4v) is 1.28. The van der Waals surface area contributed by atoms with Crippen LogP contribution in [0.4, 0.5) is 14.5 Å². The van der Waals surface area contributed by atoms with Gasteiger partial charge in [0.25, 0.3) is 5.91 Å². The first-order valence-corrected chi connectivity index (χ1v) is 5.08. The van der Waals surface area contributed by atoms with Gasteiger partial charge in [-0.3, -0.25) is 14.9 Å². The molecule has 1 aromatic rings. The minimum atomic E-state index is -1.34. The molecule has 0 heterocycles. The molecule has 1 aromatic carbocycles. The van der Waals surface area contributed by atoms with Crippen LogP contribution < -0.4 is 5.32 Å². The molecule has 0 spiro atoms. The molecule has 0 atom stereocenters. The number of halogens is 2. The number of amides is 1. The Morgan fingerprint density at radius 3 is 2.33 bits per heavy atom. The first-order chi connectivity index (χ1) is 8.11. The number of carbonyl (C=O) groups is 1. The number of rotatable bonds is 2. The SMILES string of the molecule is CC(C)(C)NC(=O)c1cc(F)cc([N+](=O)[O-])c1F. The summed E-state index contributed by atoms with van der Waals surface area (Å²) in [5.74, 6) is -3.28. The molecule has 0 aromatic heterocycles. The smallest absolute Gasteiger partial charge is 0.308 e. The molecule has 0 aliphatic carbocycles. The third-order valence-electron chi connectivity index (χ3n) is 1.95. The van der Waals surface area contributed by atoms with E-state index in [0.29, 0.717) is 12.1 Å². The normalized spacial score (nSPS) is 11.2. The summed E-state index contributed by atoms with van der Waals surface area (Å²) in [6.45, 7) is 4.95. The van der Waals surface area contributed by atoms with Crippen LogP contribution in [0.2, 0.25) is 0 Å². The highest BCUT2D eigenvalue weighted by Crippen LogP contribution is 2.22. The zero-order valence-electron chi connectivity index (χ0n) is 10.1. The van der Waals surface area contributed by atoms with Crippen LogP contribution >= 0.6 is 0 Å². The van der Waals surface area contributed by atoms with E-state index in [-0.39, 0.29) is 0 Å². The van der Waals surface area contributed by atoms with E-state index in [1.807, 2.05) is 0 Å². The number of nitro groups is 1. The molecule has 0 aliphatic heterocycles. The van der Waals surface area contributed by atoms with Crippen molar-refractivity contribution >= 4 is 11.6 Å². The van der Waals surface area contributed by atoms with Crippen LogP contribution in [0.1, 0.15) is 31.1 Å². The standard InChI is InChI=1S/C11H12F2N2O3/c1-11(2,3)14-10(16)7-4-6(12)5-8(9(7)13)15(17)18/h4-5H,1-3H3,(H,14,16). The van der Waals surface area contributed by atoms with E-state index in [1.54, 1.807) is 20.8 Å². The largest absolute Gasteiger partial charge is 0.347 e. The van der Waals surface area contributed by atoms with Gasteiger partial charge >= 0.3 is 5.69 Å². The maximum absolute atomic E-state index is 13.7. The molecule has 98 valence electrons. The van der Waals surface area contributed by atoms with Crippen molar-refractivity contribution in [2.75, 3.05) is 0 Å². The highest BCUT2D eigenvalue weighted by molar-refractivity contribution is 5.95. The Morgan fingerprint density at radius 2 is 1.89 bits per heavy atom. The van der Waals surface area contributed by atoms with E-state index in [2.05, 4.69) is 5.32 Å². The van der Waals surface area contributed by atoms with E-state index in [1.165, 1.54) is 0 Å². The summed E-state index contributed by atoms with van der Waals surface area (Å²) in [4.78, 5) is 21.1. The van der Waals surface area contributed by atoms with Crippen LogP contribution in [0.25, 0.3) is 0 Å². The molecule has 18 heavy (non-hydrogen) atoms. The Morgan fingerprint density at radius 1 is 1.33 bits per heavy atom. The summed E-state index contributed by atoms with van der Waals surface area (Å²) < 4.78 is 26.8. The summed E-state index contributed by atoms with van der Waals surface area (Å²) in [5, 5.41) is 12.9. The molecule has 0 unspecified atom stereocenters. The van der Waals surface area contributed by atoms with Gasteiger partial charge in [-0.2, -0.15) is 4.39 Å². The van der Waals surface area contributed by atoms with Gasteiger partial charge < -0.3 is 5.32 Å². The summed E-state index contributed by atoms with van der Waals surface area (Å²) in [7, 11) is 0. The second kappa shape index (κ2) is 4.67. The van der Waals surface area contributed by atoms with Gasteiger partial charge in [-0.1, -0.05) is 0 Å². The van der Waals surface area contributed by atoms with Gasteiger partial charge in [-0.05, 0) is 26.8 Å². The van der Waals surface area contributed by atoms with Gasteiger partial charge in [0.2, 0.25) is 5.82 Å². The lowest BCUT2D eigenvalue weighted by Crippen LogP contribution is -2.41. The van der Waals surface area contributed by atoms with Gasteiger partial charge in [-0.15, -0.1) is 0 Å². The number of carbonyl (C=O) groups excluding carboxylic acids is 1. The highest BCUT2D eigenvalue weighted by Gasteiger charge is 2.26. The zero-order valence-corrected chi connectivity index (χ0v) is 10.1. The van der Waals surface area contributed by atoms with Gasteiger partial charge in [-0.25, -0.2) is 4.39 Å². The molecular formula is C11H12F2N2O3. The van der Waals surface area contributed by atoms with Crippen molar-refractivity contribution in [2.24, 2.45) is 0 Å². The van der Waals surface area contributed by atoms with Crippen molar-refractivity contribution in [3.63, 3.8) is 0 Å². The summed E-state index contributed by atoms with van der Waals surface area (Å²) in [6.07, 6.45) is 0. The van der Waals surface area contributed by atoms with Gasteiger partial charge in [0, 0.05) is 5.54 Å². The molecule has 0 radical (unpaired) electrons. The molecule has 0 saturated heterocycles. The van der Waals surface area contributed by atoms with Crippen molar-refractivity contribution in [1.82, 2.24) is 5.32 Å². The van der Waals surface area contributed by atoms with Crippen molar-refractivity contribution in [3.05, 3.63) is 39.4 Å². The molecular weight excluding hydrogens is 246 g/mol. The average Bonchev–Trinajstić information content (AvgIpc) is 2.17. The second-order valence-corrected chi connectivity index (χ2v) is 4.75. The summed E-state index contributed by atoms with van der Waals surface area (Å²) in [6, 6.07) is 1.06. The van der Waals surface area contributed by atoms with Crippen LogP contribution in [-0.2, 0) is 0 Å². The Kier molecular flexibility index (Phi) is 3.64. The van der Waals surface area contributed by atoms with Crippen LogP contribution in [0.5, 0.6) is 0 Å². The van der Waals surface area contributed by atoms with E-state index in [0.717, 1.165) is 0 Å². The highest BCUT2D eigenvalue weighted by atomic mass is 19.1. The minimum absolute atomic E-state index is 0.434.